The van der Waals surface area contributed by atoms with Gasteiger partial charge in [0.2, 0.25) is 9.84 Å². The first-order valence-electron chi connectivity index (χ1n) is 5.07. The molecule has 0 aliphatic rings. The number of rotatable bonds is 2. The van der Waals surface area contributed by atoms with E-state index in [4.69, 9.17) is 23.1 Å². The fourth-order valence-electron chi connectivity index (χ4n) is 1.54. The minimum absolute atomic E-state index is 0.0176. The summed E-state index contributed by atoms with van der Waals surface area (Å²) in [4.78, 5) is 0.123. The van der Waals surface area contributed by atoms with Crippen LogP contribution < -0.4 is 11.5 Å². The molecule has 0 saturated heterocycles. The molecule has 6 heteroatoms. The first-order valence-corrected chi connectivity index (χ1v) is 6.93. The van der Waals surface area contributed by atoms with Crippen molar-refractivity contribution in [2.24, 2.45) is 0 Å². The molecule has 94 valence electrons. The minimum atomic E-state index is -3.68. The minimum Gasteiger partial charge on any atom is -0.399 e. The van der Waals surface area contributed by atoms with Crippen molar-refractivity contribution in [1.29, 1.82) is 0 Å². The molecule has 0 heterocycles. The van der Waals surface area contributed by atoms with Crippen molar-refractivity contribution in [1.82, 2.24) is 0 Å². The molecule has 4 N–H and O–H groups in total. The molecular formula is C12H11ClN2O2S. The van der Waals surface area contributed by atoms with Crippen LogP contribution in [0.25, 0.3) is 0 Å². The number of nitrogen functional groups attached to an aromatic ring is 2. The Labute approximate surface area is 110 Å². The highest BCUT2D eigenvalue weighted by atomic mass is 35.5. The van der Waals surface area contributed by atoms with E-state index in [1.807, 2.05) is 0 Å². The molecule has 0 aliphatic heterocycles. The monoisotopic (exact) mass is 282 g/mol. The lowest BCUT2D eigenvalue weighted by atomic mass is 10.3. The summed E-state index contributed by atoms with van der Waals surface area (Å²) >= 11 is 5.91. The van der Waals surface area contributed by atoms with Gasteiger partial charge in [0.1, 0.15) is 0 Å². The molecular weight excluding hydrogens is 272 g/mol. The molecule has 0 saturated carbocycles. The zero-order chi connectivity index (χ0) is 13.3. The van der Waals surface area contributed by atoms with Crippen LogP contribution in [0.3, 0.4) is 0 Å². The summed E-state index contributed by atoms with van der Waals surface area (Å²) in [5.41, 5.74) is 11.9. The molecule has 0 unspecified atom stereocenters. The summed E-state index contributed by atoms with van der Waals surface area (Å²) in [5.74, 6) is 0. The molecule has 2 rings (SSSR count). The standard InChI is InChI=1S/C12H11ClN2O2S/c13-11-7-9(15)4-5-12(11)18(16,17)10-3-1-2-8(14)6-10/h1-7H,14-15H2. The molecule has 0 fully saturated rings. The quantitative estimate of drug-likeness (QED) is 0.828. The van der Waals surface area contributed by atoms with Crippen LogP contribution >= 0.6 is 11.6 Å². The van der Waals surface area contributed by atoms with Crippen molar-refractivity contribution in [3.8, 4) is 0 Å². The Morgan fingerprint density at radius 1 is 0.944 bits per heavy atom. The lowest BCUT2D eigenvalue weighted by Gasteiger charge is -2.07. The third-order valence-electron chi connectivity index (χ3n) is 2.41. The van der Waals surface area contributed by atoms with Gasteiger partial charge in [0.15, 0.2) is 0 Å². The highest BCUT2D eigenvalue weighted by Crippen LogP contribution is 2.29. The van der Waals surface area contributed by atoms with Crippen molar-refractivity contribution >= 4 is 32.8 Å². The maximum absolute atomic E-state index is 12.3. The summed E-state index contributed by atoms with van der Waals surface area (Å²) in [6.45, 7) is 0. The summed E-state index contributed by atoms with van der Waals surface area (Å²) in [5, 5.41) is 0.0948. The molecule has 0 amide bonds. The van der Waals surface area contributed by atoms with E-state index in [9.17, 15) is 8.42 Å². The van der Waals surface area contributed by atoms with Crippen molar-refractivity contribution < 1.29 is 8.42 Å². The Bertz CT molecular complexity index is 699. The van der Waals surface area contributed by atoms with Crippen LogP contribution in [0.15, 0.2) is 52.3 Å². The van der Waals surface area contributed by atoms with Crippen molar-refractivity contribution in [2.45, 2.75) is 9.79 Å². The van der Waals surface area contributed by atoms with E-state index >= 15 is 0 Å². The Morgan fingerprint density at radius 2 is 1.61 bits per heavy atom. The molecule has 4 nitrogen and oxygen atoms in total. The number of sulfone groups is 1. The number of benzene rings is 2. The Balaban J connectivity index is 2.62. The number of nitrogens with two attached hydrogens (primary N) is 2. The molecule has 0 aliphatic carbocycles. The molecule has 0 aromatic heterocycles. The van der Waals surface area contributed by atoms with Gasteiger partial charge in [-0.25, -0.2) is 8.42 Å². The van der Waals surface area contributed by atoms with Gasteiger partial charge in [-0.1, -0.05) is 17.7 Å². The van der Waals surface area contributed by atoms with Crippen LogP contribution in [0.2, 0.25) is 5.02 Å². The van der Waals surface area contributed by atoms with Gasteiger partial charge in [-0.3, -0.25) is 0 Å². The van der Waals surface area contributed by atoms with Gasteiger partial charge in [-0.2, -0.15) is 0 Å². The van der Waals surface area contributed by atoms with Gasteiger partial charge >= 0.3 is 0 Å². The van der Waals surface area contributed by atoms with E-state index in [0.717, 1.165) is 0 Å². The molecule has 0 radical (unpaired) electrons. The van der Waals surface area contributed by atoms with E-state index in [1.165, 1.54) is 30.3 Å². The summed E-state index contributed by atoms with van der Waals surface area (Å²) in [6.07, 6.45) is 0. The van der Waals surface area contributed by atoms with Gasteiger partial charge in [-0.15, -0.1) is 0 Å². The largest absolute Gasteiger partial charge is 0.399 e. The molecule has 2 aromatic carbocycles. The molecule has 0 spiro atoms. The number of hydrogen-bond donors (Lipinski definition) is 2. The third-order valence-corrected chi connectivity index (χ3v) is 4.65. The molecule has 18 heavy (non-hydrogen) atoms. The van der Waals surface area contributed by atoms with E-state index in [2.05, 4.69) is 0 Å². The van der Waals surface area contributed by atoms with Crippen LogP contribution in [0, 0.1) is 0 Å². The maximum atomic E-state index is 12.3. The van der Waals surface area contributed by atoms with Gasteiger partial charge in [0.25, 0.3) is 0 Å². The van der Waals surface area contributed by atoms with E-state index in [1.54, 1.807) is 12.1 Å². The van der Waals surface area contributed by atoms with Crippen molar-refractivity contribution in [3.05, 3.63) is 47.5 Å². The van der Waals surface area contributed by atoms with Gasteiger partial charge in [0.05, 0.1) is 14.8 Å². The lowest BCUT2D eigenvalue weighted by Crippen LogP contribution is -2.04. The van der Waals surface area contributed by atoms with Crippen molar-refractivity contribution in [2.75, 3.05) is 11.5 Å². The highest BCUT2D eigenvalue weighted by molar-refractivity contribution is 7.91. The van der Waals surface area contributed by atoms with E-state index in [0.29, 0.717) is 11.4 Å². The highest BCUT2D eigenvalue weighted by Gasteiger charge is 2.20. The summed E-state index contributed by atoms with van der Waals surface area (Å²) in [6, 6.07) is 10.3. The number of halogens is 1. The third kappa shape index (κ3) is 2.27. The van der Waals surface area contributed by atoms with Crippen LogP contribution in [-0.2, 0) is 9.84 Å². The average molecular weight is 283 g/mol. The summed E-state index contributed by atoms with van der Waals surface area (Å²) < 4.78 is 24.7. The zero-order valence-corrected chi connectivity index (χ0v) is 10.9. The van der Waals surface area contributed by atoms with Gasteiger partial charge in [-0.05, 0) is 36.4 Å². The van der Waals surface area contributed by atoms with Crippen LogP contribution in [0.4, 0.5) is 11.4 Å². The Kier molecular flexibility index (Phi) is 3.19. The zero-order valence-electron chi connectivity index (χ0n) is 9.30. The smallest absolute Gasteiger partial charge is 0.208 e. The second kappa shape index (κ2) is 4.51. The predicted octanol–water partition coefficient (Wildman–Crippen LogP) is 2.34. The normalized spacial score (nSPS) is 11.4. The lowest BCUT2D eigenvalue weighted by molar-refractivity contribution is 0.596. The second-order valence-corrected chi connectivity index (χ2v) is 6.09. The van der Waals surface area contributed by atoms with Crippen LogP contribution in [0.1, 0.15) is 0 Å². The van der Waals surface area contributed by atoms with Crippen molar-refractivity contribution in [3.63, 3.8) is 0 Å². The van der Waals surface area contributed by atoms with Crippen LogP contribution in [-0.4, -0.2) is 8.42 Å². The average Bonchev–Trinajstić information content (AvgIpc) is 2.28. The molecule has 0 bridgehead atoms. The van der Waals surface area contributed by atoms with E-state index < -0.39 is 9.84 Å². The number of anilines is 2. The maximum Gasteiger partial charge on any atom is 0.208 e. The first kappa shape index (κ1) is 12.7. The Hall–Kier alpha value is -1.72. The van der Waals surface area contributed by atoms with Gasteiger partial charge in [0, 0.05) is 11.4 Å². The SMILES string of the molecule is Nc1cccc(S(=O)(=O)c2ccc(N)cc2Cl)c1. The fourth-order valence-corrected chi connectivity index (χ4v) is 3.40. The second-order valence-electron chi connectivity index (χ2n) is 3.77. The van der Waals surface area contributed by atoms with Gasteiger partial charge < -0.3 is 11.5 Å². The molecule has 2 aromatic rings. The predicted molar refractivity (Wildman–Crippen MR) is 72.2 cm³/mol. The number of hydrogen-bond acceptors (Lipinski definition) is 4. The molecule has 0 atom stereocenters. The first-order chi connectivity index (χ1) is 8.41. The Morgan fingerprint density at radius 3 is 2.22 bits per heavy atom. The fraction of sp³-hybridized carbons (Fsp3) is 0. The summed E-state index contributed by atoms with van der Waals surface area (Å²) in [7, 11) is -3.68. The van der Waals surface area contributed by atoms with Crippen LogP contribution in [0.5, 0.6) is 0 Å². The van der Waals surface area contributed by atoms with E-state index in [-0.39, 0.29) is 14.8 Å². The topological polar surface area (TPSA) is 86.2 Å².